The predicted molar refractivity (Wildman–Crippen MR) is 115 cm³/mol. The highest BCUT2D eigenvalue weighted by molar-refractivity contribution is 7.89. The van der Waals surface area contributed by atoms with Crippen LogP contribution in [0.3, 0.4) is 0 Å². The molecule has 28 heavy (non-hydrogen) atoms. The van der Waals surface area contributed by atoms with Crippen molar-refractivity contribution >= 4 is 26.5 Å². The lowest BCUT2D eigenvalue weighted by atomic mass is 10.1. The second-order valence-electron chi connectivity index (χ2n) is 7.48. The molecule has 2 N–H and O–H groups in total. The minimum Gasteiger partial charge on any atom is -0.378 e. The number of nitrogens with one attached hydrogen (secondary N) is 2. The minimum atomic E-state index is -3.58. The first-order chi connectivity index (χ1) is 13.3. The van der Waals surface area contributed by atoms with Crippen molar-refractivity contribution in [3.05, 3.63) is 72.3 Å². The summed E-state index contributed by atoms with van der Waals surface area (Å²) in [5.41, 5.74) is 2.22. The predicted octanol–water partition coefficient (Wildman–Crippen LogP) is 2.07. The third-order valence-corrected chi connectivity index (χ3v) is 6.44. The fourth-order valence-corrected chi connectivity index (χ4v) is 4.35. The van der Waals surface area contributed by atoms with Gasteiger partial charge in [0.05, 0.1) is 25.5 Å². The number of anilines is 1. The van der Waals surface area contributed by atoms with E-state index in [-0.39, 0.29) is 6.04 Å². The number of rotatable bonds is 7. The maximum absolute atomic E-state index is 12.9. The third kappa shape index (κ3) is 4.52. The molecule has 0 amide bonds. The molecule has 0 radical (unpaired) electrons. The Labute approximate surface area is 167 Å². The zero-order chi connectivity index (χ0) is 20.3. The Morgan fingerprint density at radius 3 is 2.18 bits per heavy atom. The SMILES string of the molecule is CN(C)c1ccc([C@@H](CNS(=O)(=O)c2ccc3ccccc3c2)[NH+](C)C)cc1. The molecule has 0 aliphatic rings. The Hall–Kier alpha value is -2.41. The van der Waals surface area contributed by atoms with Crippen molar-refractivity contribution < 1.29 is 13.3 Å². The van der Waals surface area contributed by atoms with E-state index >= 15 is 0 Å². The number of quaternary nitrogens is 1. The number of likely N-dealkylation sites (N-methyl/N-ethyl adjacent to an activating group) is 1. The summed E-state index contributed by atoms with van der Waals surface area (Å²) in [4.78, 5) is 3.50. The molecule has 0 aliphatic heterocycles. The van der Waals surface area contributed by atoms with E-state index in [1.165, 1.54) is 4.90 Å². The van der Waals surface area contributed by atoms with Gasteiger partial charge in [0.1, 0.15) is 6.04 Å². The minimum absolute atomic E-state index is 0.0199. The third-order valence-electron chi connectivity index (χ3n) is 5.02. The van der Waals surface area contributed by atoms with Crippen molar-refractivity contribution in [3.8, 4) is 0 Å². The largest absolute Gasteiger partial charge is 0.378 e. The standard InChI is InChI=1S/C22H27N3O2S/c1-24(2)20-12-9-18(10-13-20)22(25(3)4)16-23-28(26,27)21-14-11-17-7-5-6-8-19(17)15-21/h5-15,22-23H,16H2,1-4H3/p+1/t22-/m1/s1. The zero-order valence-corrected chi connectivity index (χ0v) is 17.6. The smallest absolute Gasteiger partial charge is 0.240 e. The first kappa shape index (κ1) is 20.3. The first-order valence-corrected chi connectivity index (χ1v) is 10.8. The average Bonchev–Trinajstić information content (AvgIpc) is 2.67. The molecule has 0 saturated carbocycles. The van der Waals surface area contributed by atoms with Gasteiger partial charge in [-0.2, -0.15) is 0 Å². The molecule has 3 aromatic rings. The van der Waals surface area contributed by atoms with Crippen LogP contribution in [0.2, 0.25) is 0 Å². The molecule has 0 aromatic heterocycles. The second-order valence-corrected chi connectivity index (χ2v) is 9.24. The van der Waals surface area contributed by atoms with Gasteiger partial charge in [-0.3, -0.25) is 0 Å². The van der Waals surface area contributed by atoms with E-state index in [1.807, 2.05) is 63.4 Å². The summed E-state index contributed by atoms with van der Waals surface area (Å²) in [6.45, 7) is 0.332. The lowest BCUT2D eigenvalue weighted by Gasteiger charge is -2.23. The number of hydrogen-bond acceptors (Lipinski definition) is 3. The number of fused-ring (bicyclic) bond motifs is 1. The maximum atomic E-state index is 12.9. The molecule has 0 aliphatic carbocycles. The highest BCUT2D eigenvalue weighted by Gasteiger charge is 2.22. The molecule has 0 unspecified atom stereocenters. The molecule has 0 bridgehead atoms. The monoisotopic (exact) mass is 398 g/mol. The summed E-state index contributed by atoms with van der Waals surface area (Å²) in [6.07, 6.45) is 0. The van der Waals surface area contributed by atoms with Crippen molar-refractivity contribution in [1.82, 2.24) is 4.72 Å². The van der Waals surface area contributed by atoms with Crippen LogP contribution < -0.4 is 14.5 Å². The summed E-state index contributed by atoms with van der Waals surface area (Å²) in [5, 5.41) is 1.94. The number of benzene rings is 3. The molecule has 1 atom stereocenters. The molecule has 3 aromatic carbocycles. The molecule has 0 fully saturated rings. The van der Waals surface area contributed by atoms with Crippen molar-refractivity contribution in [2.75, 3.05) is 39.6 Å². The van der Waals surface area contributed by atoms with E-state index in [4.69, 9.17) is 0 Å². The van der Waals surface area contributed by atoms with E-state index in [1.54, 1.807) is 12.1 Å². The molecule has 6 heteroatoms. The van der Waals surface area contributed by atoms with Crippen molar-refractivity contribution in [1.29, 1.82) is 0 Å². The van der Waals surface area contributed by atoms with Gasteiger partial charge in [-0.05, 0) is 35.0 Å². The summed E-state index contributed by atoms with van der Waals surface area (Å²) < 4.78 is 28.5. The van der Waals surface area contributed by atoms with Crippen LogP contribution in [0.25, 0.3) is 10.8 Å². The molecular formula is C22H28N3O2S+. The lowest BCUT2D eigenvalue weighted by Crippen LogP contribution is -3.07. The summed E-state index contributed by atoms with van der Waals surface area (Å²) >= 11 is 0. The van der Waals surface area contributed by atoms with Crippen LogP contribution in [0.15, 0.2) is 71.6 Å². The fraction of sp³-hybridized carbons (Fsp3) is 0.273. The molecule has 148 valence electrons. The Morgan fingerprint density at radius 2 is 1.57 bits per heavy atom. The normalized spacial score (nSPS) is 13.0. The van der Waals surface area contributed by atoms with E-state index < -0.39 is 10.0 Å². The lowest BCUT2D eigenvalue weighted by molar-refractivity contribution is -0.890. The van der Waals surface area contributed by atoms with Gasteiger partial charge in [-0.25, -0.2) is 13.1 Å². The summed E-state index contributed by atoms with van der Waals surface area (Å²) in [5.74, 6) is 0. The van der Waals surface area contributed by atoms with Gasteiger partial charge in [0.25, 0.3) is 0 Å². The van der Waals surface area contributed by atoms with Crippen molar-refractivity contribution in [3.63, 3.8) is 0 Å². The second kappa shape index (κ2) is 8.31. The van der Waals surface area contributed by atoms with Gasteiger partial charge in [0.2, 0.25) is 10.0 Å². The van der Waals surface area contributed by atoms with Crippen LogP contribution >= 0.6 is 0 Å². The van der Waals surface area contributed by atoms with Crippen LogP contribution in [0, 0.1) is 0 Å². The topological polar surface area (TPSA) is 53.9 Å². The summed E-state index contributed by atoms with van der Waals surface area (Å²) in [6, 6.07) is 21.3. The van der Waals surface area contributed by atoms with Gasteiger partial charge < -0.3 is 9.80 Å². The fourth-order valence-electron chi connectivity index (χ4n) is 3.27. The van der Waals surface area contributed by atoms with Gasteiger partial charge in [0.15, 0.2) is 0 Å². The number of sulfonamides is 1. The molecule has 5 nitrogen and oxygen atoms in total. The molecule has 3 rings (SSSR count). The van der Waals surface area contributed by atoms with E-state index in [9.17, 15) is 8.42 Å². The van der Waals surface area contributed by atoms with Crippen LogP contribution in [-0.2, 0) is 10.0 Å². The van der Waals surface area contributed by atoms with Crippen LogP contribution in [-0.4, -0.2) is 43.2 Å². The van der Waals surface area contributed by atoms with Gasteiger partial charge in [-0.1, -0.05) is 42.5 Å². The van der Waals surface area contributed by atoms with Crippen molar-refractivity contribution in [2.24, 2.45) is 0 Å². The molecular weight excluding hydrogens is 370 g/mol. The number of nitrogens with zero attached hydrogens (tertiary/aromatic N) is 1. The Kier molecular flexibility index (Phi) is 6.03. The van der Waals surface area contributed by atoms with Crippen LogP contribution in [0.5, 0.6) is 0 Å². The number of hydrogen-bond donors (Lipinski definition) is 2. The van der Waals surface area contributed by atoms with Crippen LogP contribution in [0.4, 0.5) is 5.69 Å². The van der Waals surface area contributed by atoms with E-state index in [0.29, 0.717) is 11.4 Å². The quantitative estimate of drug-likeness (QED) is 0.641. The first-order valence-electron chi connectivity index (χ1n) is 9.34. The van der Waals surface area contributed by atoms with Crippen LogP contribution in [0.1, 0.15) is 11.6 Å². The van der Waals surface area contributed by atoms with Crippen molar-refractivity contribution in [2.45, 2.75) is 10.9 Å². The zero-order valence-electron chi connectivity index (χ0n) is 16.8. The highest BCUT2D eigenvalue weighted by Crippen LogP contribution is 2.20. The molecule has 0 saturated heterocycles. The Morgan fingerprint density at radius 1 is 0.929 bits per heavy atom. The van der Waals surface area contributed by atoms with Gasteiger partial charge >= 0.3 is 0 Å². The van der Waals surface area contributed by atoms with Gasteiger partial charge in [0, 0.05) is 25.3 Å². The van der Waals surface area contributed by atoms with Gasteiger partial charge in [-0.15, -0.1) is 0 Å². The average molecular weight is 399 g/mol. The van der Waals surface area contributed by atoms with E-state index in [0.717, 1.165) is 22.0 Å². The highest BCUT2D eigenvalue weighted by atomic mass is 32.2. The maximum Gasteiger partial charge on any atom is 0.240 e. The molecule has 0 spiro atoms. The Balaban J connectivity index is 1.79. The summed E-state index contributed by atoms with van der Waals surface area (Å²) in [7, 11) is 4.49. The van der Waals surface area contributed by atoms with E-state index in [2.05, 4.69) is 29.0 Å². The Bertz CT molecular complexity index is 1040. The molecule has 0 heterocycles.